The number of aromatic nitrogens is 2. The van der Waals surface area contributed by atoms with Gasteiger partial charge in [-0.1, -0.05) is 69.2 Å². The number of unbranched alkanes of at least 4 members (excludes halogenated alkanes) is 2. The highest BCUT2D eigenvalue weighted by Crippen LogP contribution is 2.30. The van der Waals surface area contributed by atoms with E-state index in [1.165, 1.54) is 24.8 Å². The predicted octanol–water partition coefficient (Wildman–Crippen LogP) is 5.92. The highest BCUT2D eigenvalue weighted by molar-refractivity contribution is 5.94. The van der Waals surface area contributed by atoms with Gasteiger partial charge in [0.25, 0.3) is 5.91 Å². The van der Waals surface area contributed by atoms with Crippen molar-refractivity contribution in [1.82, 2.24) is 14.9 Å². The molecule has 0 aliphatic carbocycles. The van der Waals surface area contributed by atoms with Crippen LogP contribution in [0.25, 0.3) is 11.4 Å². The molecule has 0 radical (unpaired) electrons. The highest BCUT2D eigenvalue weighted by atomic mass is 16.2. The number of aryl methyl sites for hydroxylation is 1. The van der Waals surface area contributed by atoms with Crippen molar-refractivity contribution in [2.75, 3.05) is 25.0 Å². The average molecular weight is 457 g/mol. The van der Waals surface area contributed by atoms with Gasteiger partial charge >= 0.3 is 0 Å². The van der Waals surface area contributed by atoms with E-state index in [9.17, 15) is 4.79 Å². The molecule has 1 amide bonds. The number of amides is 1. The molecule has 3 aromatic rings. The van der Waals surface area contributed by atoms with Crippen LogP contribution in [0.2, 0.25) is 0 Å². The molecule has 2 heterocycles. The lowest BCUT2D eigenvalue weighted by Gasteiger charge is -2.32. The van der Waals surface area contributed by atoms with Crippen LogP contribution < -0.4 is 4.90 Å². The molecule has 4 rings (SSSR count). The van der Waals surface area contributed by atoms with Crippen molar-refractivity contribution in [1.29, 1.82) is 0 Å². The maximum Gasteiger partial charge on any atom is 0.254 e. The van der Waals surface area contributed by atoms with E-state index in [1.807, 2.05) is 35.2 Å². The van der Waals surface area contributed by atoms with E-state index in [0.717, 1.165) is 59.8 Å². The molecule has 0 atom stereocenters. The molecule has 178 valence electrons. The van der Waals surface area contributed by atoms with Gasteiger partial charge in [-0.25, -0.2) is 9.97 Å². The Hall–Kier alpha value is -3.21. The molecular weight excluding hydrogens is 420 g/mol. The monoisotopic (exact) mass is 456 g/mol. The van der Waals surface area contributed by atoms with E-state index in [-0.39, 0.29) is 5.91 Å². The van der Waals surface area contributed by atoms with Gasteiger partial charge in [-0.15, -0.1) is 0 Å². The number of anilines is 1. The molecule has 5 nitrogen and oxygen atoms in total. The quantitative estimate of drug-likeness (QED) is 0.375. The first-order valence-electron chi connectivity index (χ1n) is 12.6. The molecule has 2 aromatic carbocycles. The number of carbonyl (C=O) groups excluding carboxylic acids is 1. The zero-order chi connectivity index (χ0) is 23.9. The fourth-order valence-electron chi connectivity index (χ4n) is 4.62. The number of hydrogen-bond donors (Lipinski definition) is 0. The number of rotatable bonds is 9. The predicted molar refractivity (Wildman–Crippen MR) is 139 cm³/mol. The summed E-state index contributed by atoms with van der Waals surface area (Å²) in [6.07, 6.45) is 6.52. The summed E-state index contributed by atoms with van der Waals surface area (Å²) in [6.45, 7) is 6.52. The molecule has 0 saturated heterocycles. The topological polar surface area (TPSA) is 49.3 Å². The normalized spacial score (nSPS) is 13.0. The lowest BCUT2D eigenvalue weighted by molar-refractivity contribution is 0.0733. The molecule has 0 fully saturated rings. The minimum absolute atomic E-state index is 0.0852. The molecule has 0 spiro atoms. The van der Waals surface area contributed by atoms with Crippen molar-refractivity contribution >= 4 is 11.7 Å². The van der Waals surface area contributed by atoms with E-state index in [4.69, 9.17) is 9.97 Å². The fraction of sp³-hybridized carbons (Fsp3) is 0.414. The number of carbonyl (C=O) groups is 1. The van der Waals surface area contributed by atoms with Gasteiger partial charge in [0, 0.05) is 43.2 Å². The lowest BCUT2D eigenvalue weighted by Crippen LogP contribution is -2.38. The molecule has 34 heavy (non-hydrogen) atoms. The second-order valence-corrected chi connectivity index (χ2v) is 9.21. The summed E-state index contributed by atoms with van der Waals surface area (Å²) in [5.41, 5.74) is 5.22. The van der Waals surface area contributed by atoms with Crippen molar-refractivity contribution < 1.29 is 4.79 Å². The molecule has 0 unspecified atom stereocenters. The Balaban J connectivity index is 1.57. The van der Waals surface area contributed by atoms with Gasteiger partial charge in [-0.05, 0) is 37.0 Å². The molecule has 0 N–H and O–H groups in total. The van der Waals surface area contributed by atoms with E-state index >= 15 is 0 Å². The van der Waals surface area contributed by atoms with E-state index < -0.39 is 0 Å². The minimum atomic E-state index is 0.0852. The Kier molecular flexibility index (Phi) is 7.94. The molecule has 1 aliphatic rings. The molecule has 0 bridgehead atoms. The summed E-state index contributed by atoms with van der Waals surface area (Å²) in [5.74, 6) is 1.78. The smallest absolute Gasteiger partial charge is 0.254 e. The Bertz CT molecular complexity index is 1100. The number of hydrogen-bond acceptors (Lipinski definition) is 4. The first-order chi connectivity index (χ1) is 16.6. The summed E-state index contributed by atoms with van der Waals surface area (Å²) in [6, 6.07) is 18.3. The number of fused-ring (bicyclic) bond motifs is 1. The Morgan fingerprint density at radius 2 is 1.74 bits per heavy atom. The lowest BCUT2D eigenvalue weighted by atomic mass is 10.0. The van der Waals surface area contributed by atoms with Crippen molar-refractivity contribution in [3.05, 3.63) is 77.0 Å². The van der Waals surface area contributed by atoms with Crippen LogP contribution in [0.1, 0.15) is 66.7 Å². The summed E-state index contributed by atoms with van der Waals surface area (Å²) in [4.78, 5) is 27.4. The molecule has 5 heteroatoms. The van der Waals surface area contributed by atoms with E-state index in [2.05, 4.69) is 50.1 Å². The van der Waals surface area contributed by atoms with Gasteiger partial charge in [0.15, 0.2) is 5.82 Å². The maximum atomic E-state index is 13.3. The van der Waals surface area contributed by atoms with Gasteiger partial charge in [-0.3, -0.25) is 4.79 Å². The second-order valence-electron chi connectivity index (χ2n) is 9.21. The molecule has 1 aromatic heterocycles. The first kappa shape index (κ1) is 23.9. The van der Waals surface area contributed by atoms with Crippen LogP contribution in [0, 0.1) is 0 Å². The standard InChI is InChI=1S/C29H36N4O/c1-4-6-8-11-22-14-16-24(17-15-22)29(34)33-20-18-26-25(21-33)28(32(3)19-5-2)31-27(30-26)23-12-9-7-10-13-23/h7,9-10,12-17H,4-6,8,11,18-21H2,1-3H3. The van der Waals surface area contributed by atoms with Crippen LogP contribution in [0.3, 0.4) is 0 Å². The van der Waals surface area contributed by atoms with Crippen LogP contribution in [0.5, 0.6) is 0 Å². The second kappa shape index (κ2) is 11.3. The Labute approximate surface area is 203 Å². The van der Waals surface area contributed by atoms with Crippen molar-refractivity contribution in [2.24, 2.45) is 0 Å². The number of benzene rings is 2. The SMILES string of the molecule is CCCCCc1ccc(C(=O)N2CCc3nc(-c4ccccc4)nc(N(C)CCC)c3C2)cc1. The third-order valence-electron chi connectivity index (χ3n) is 6.55. The zero-order valence-corrected chi connectivity index (χ0v) is 20.8. The maximum absolute atomic E-state index is 13.3. The number of nitrogens with zero attached hydrogens (tertiary/aromatic N) is 4. The van der Waals surface area contributed by atoms with Crippen molar-refractivity contribution in [3.63, 3.8) is 0 Å². The molecular formula is C29H36N4O. The third kappa shape index (κ3) is 5.46. The van der Waals surface area contributed by atoms with Crippen LogP contribution in [0.4, 0.5) is 5.82 Å². The van der Waals surface area contributed by atoms with Crippen LogP contribution in [-0.2, 0) is 19.4 Å². The van der Waals surface area contributed by atoms with Gasteiger partial charge < -0.3 is 9.80 Å². The summed E-state index contributed by atoms with van der Waals surface area (Å²) in [5, 5.41) is 0. The van der Waals surface area contributed by atoms with Crippen LogP contribution in [-0.4, -0.2) is 40.9 Å². The van der Waals surface area contributed by atoms with Crippen molar-refractivity contribution in [2.45, 2.75) is 58.9 Å². The zero-order valence-electron chi connectivity index (χ0n) is 20.8. The van der Waals surface area contributed by atoms with Gasteiger partial charge in [0.2, 0.25) is 0 Å². The largest absolute Gasteiger partial charge is 0.359 e. The van der Waals surface area contributed by atoms with Gasteiger partial charge in [-0.2, -0.15) is 0 Å². The first-order valence-corrected chi connectivity index (χ1v) is 12.6. The summed E-state index contributed by atoms with van der Waals surface area (Å²) in [7, 11) is 2.08. The van der Waals surface area contributed by atoms with Gasteiger partial charge in [0.1, 0.15) is 5.82 Å². The van der Waals surface area contributed by atoms with E-state index in [0.29, 0.717) is 13.1 Å². The van der Waals surface area contributed by atoms with Crippen molar-refractivity contribution in [3.8, 4) is 11.4 Å². The van der Waals surface area contributed by atoms with Crippen LogP contribution >= 0.6 is 0 Å². The van der Waals surface area contributed by atoms with E-state index in [1.54, 1.807) is 0 Å². The Morgan fingerprint density at radius 3 is 2.44 bits per heavy atom. The Morgan fingerprint density at radius 1 is 0.971 bits per heavy atom. The van der Waals surface area contributed by atoms with Crippen LogP contribution in [0.15, 0.2) is 54.6 Å². The third-order valence-corrected chi connectivity index (χ3v) is 6.55. The minimum Gasteiger partial charge on any atom is -0.359 e. The molecule has 0 saturated carbocycles. The summed E-state index contributed by atoms with van der Waals surface area (Å²) >= 11 is 0. The summed E-state index contributed by atoms with van der Waals surface area (Å²) < 4.78 is 0. The average Bonchev–Trinajstić information content (AvgIpc) is 2.88. The fourth-order valence-corrected chi connectivity index (χ4v) is 4.62. The highest BCUT2D eigenvalue weighted by Gasteiger charge is 2.27. The van der Waals surface area contributed by atoms with Gasteiger partial charge in [0.05, 0.1) is 12.2 Å². The molecule has 1 aliphatic heterocycles.